The summed E-state index contributed by atoms with van der Waals surface area (Å²) in [5, 5.41) is 0.985. The number of furan rings is 1. The van der Waals surface area contributed by atoms with Crippen molar-refractivity contribution in [3.8, 4) is 0 Å². The Morgan fingerprint density at radius 1 is 1.18 bits per heavy atom. The Bertz CT molecular complexity index is 1080. The molecule has 4 rings (SSSR count). The molecule has 0 N–H and O–H groups in total. The summed E-state index contributed by atoms with van der Waals surface area (Å²) in [6.45, 7) is 5.24. The van der Waals surface area contributed by atoms with Gasteiger partial charge in [-0.15, -0.1) is 0 Å². The van der Waals surface area contributed by atoms with Crippen molar-refractivity contribution in [2.45, 2.75) is 13.5 Å². The van der Waals surface area contributed by atoms with Crippen LogP contribution in [0.2, 0.25) is 5.02 Å². The van der Waals surface area contributed by atoms with Gasteiger partial charge in [-0.25, -0.2) is 4.98 Å². The normalized spacial score (nSPS) is 15.3. The number of hydrogen-bond acceptors (Lipinski definition) is 5. The second-order valence-corrected chi connectivity index (χ2v) is 7.51. The van der Waals surface area contributed by atoms with Crippen molar-refractivity contribution in [2.24, 2.45) is 7.05 Å². The number of fused-ring (bicyclic) bond motifs is 1. The lowest BCUT2D eigenvalue weighted by molar-refractivity contribution is 0.0628. The van der Waals surface area contributed by atoms with Crippen LogP contribution in [0.3, 0.4) is 0 Å². The summed E-state index contributed by atoms with van der Waals surface area (Å²) < 4.78 is 6.92. The highest BCUT2D eigenvalue weighted by molar-refractivity contribution is 6.30. The zero-order valence-corrected chi connectivity index (χ0v) is 16.6. The van der Waals surface area contributed by atoms with Gasteiger partial charge in [0.05, 0.1) is 5.56 Å². The number of nitrogens with zero attached hydrogens (tertiary/aromatic N) is 4. The summed E-state index contributed by atoms with van der Waals surface area (Å²) in [5.74, 6) is 0.256. The topological polar surface area (TPSA) is 71.6 Å². The van der Waals surface area contributed by atoms with Gasteiger partial charge in [0.2, 0.25) is 5.71 Å². The minimum Gasteiger partial charge on any atom is -0.442 e. The highest BCUT2D eigenvalue weighted by Crippen LogP contribution is 2.23. The highest BCUT2D eigenvalue weighted by Gasteiger charge is 2.28. The molecule has 1 aliphatic rings. The molecule has 8 heteroatoms. The van der Waals surface area contributed by atoms with E-state index >= 15 is 0 Å². The second-order valence-electron chi connectivity index (χ2n) is 7.07. The first kappa shape index (κ1) is 18.7. The number of halogens is 1. The average molecular weight is 401 g/mol. The van der Waals surface area contributed by atoms with Crippen LogP contribution in [0.25, 0.3) is 11.1 Å². The predicted octanol–water partition coefficient (Wildman–Crippen LogP) is 2.45. The van der Waals surface area contributed by atoms with E-state index < -0.39 is 0 Å². The first-order chi connectivity index (χ1) is 13.4. The van der Waals surface area contributed by atoms with E-state index in [1.807, 2.05) is 24.3 Å². The number of amides is 1. The fraction of sp³-hybridized carbons (Fsp3) is 0.350. The van der Waals surface area contributed by atoms with Crippen LogP contribution in [0.5, 0.6) is 0 Å². The van der Waals surface area contributed by atoms with E-state index in [9.17, 15) is 9.59 Å². The van der Waals surface area contributed by atoms with Gasteiger partial charge >= 0.3 is 0 Å². The molecule has 0 radical (unpaired) electrons. The summed E-state index contributed by atoms with van der Waals surface area (Å²) >= 11 is 5.94. The molecule has 1 saturated heterocycles. The van der Waals surface area contributed by atoms with Crippen LogP contribution >= 0.6 is 11.6 Å². The molecule has 1 amide bonds. The van der Waals surface area contributed by atoms with Crippen molar-refractivity contribution in [3.63, 3.8) is 0 Å². The van der Waals surface area contributed by atoms with Gasteiger partial charge in [0.15, 0.2) is 0 Å². The van der Waals surface area contributed by atoms with E-state index in [0.29, 0.717) is 24.4 Å². The third-order valence-electron chi connectivity index (χ3n) is 5.14. The Hall–Kier alpha value is -2.64. The Balaban J connectivity index is 1.49. The van der Waals surface area contributed by atoms with Crippen LogP contribution in [-0.2, 0) is 13.6 Å². The van der Waals surface area contributed by atoms with Crippen LogP contribution in [0.1, 0.15) is 21.7 Å². The number of hydrogen-bond donors (Lipinski definition) is 0. The molecule has 3 heterocycles. The zero-order valence-electron chi connectivity index (χ0n) is 15.8. The van der Waals surface area contributed by atoms with Crippen LogP contribution in [0.4, 0.5) is 0 Å². The zero-order chi connectivity index (χ0) is 19.8. The van der Waals surface area contributed by atoms with Gasteiger partial charge in [0.1, 0.15) is 17.5 Å². The minimum absolute atomic E-state index is 0.174. The molecule has 146 valence electrons. The fourth-order valence-corrected chi connectivity index (χ4v) is 3.69. The van der Waals surface area contributed by atoms with Gasteiger partial charge in [-0.2, -0.15) is 0 Å². The number of aryl methyl sites for hydroxylation is 2. The standard InChI is InChI=1S/C20H21ClN4O3/c1-13-16(17-18(28-13)22-12-23(2)19(17)26)20(27)25-9-7-24(8-10-25)11-14-3-5-15(21)6-4-14/h3-6,12H,7-11H2,1-2H3. The van der Waals surface area contributed by atoms with E-state index in [4.69, 9.17) is 16.0 Å². The van der Waals surface area contributed by atoms with Crippen molar-refractivity contribution in [2.75, 3.05) is 26.2 Å². The number of rotatable bonds is 3. The maximum Gasteiger partial charge on any atom is 0.265 e. The molecule has 7 nitrogen and oxygen atoms in total. The van der Waals surface area contributed by atoms with Gasteiger partial charge in [-0.1, -0.05) is 23.7 Å². The summed E-state index contributed by atoms with van der Waals surface area (Å²) in [5.41, 5.74) is 1.46. The first-order valence-electron chi connectivity index (χ1n) is 9.15. The molecule has 0 unspecified atom stereocenters. The molecule has 0 aliphatic carbocycles. The molecular weight excluding hydrogens is 380 g/mol. The quantitative estimate of drug-likeness (QED) is 0.675. The third kappa shape index (κ3) is 3.43. The molecule has 2 aromatic heterocycles. The van der Waals surface area contributed by atoms with Gasteiger partial charge in [0.25, 0.3) is 11.5 Å². The van der Waals surface area contributed by atoms with Crippen molar-refractivity contribution in [1.29, 1.82) is 0 Å². The van der Waals surface area contributed by atoms with Crippen molar-refractivity contribution in [3.05, 3.63) is 62.9 Å². The Morgan fingerprint density at radius 2 is 1.86 bits per heavy atom. The van der Waals surface area contributed by atoms with E-state index in [1.54, 1.807) is 18.9 Å². The minimum atomic E-state index is -0.272. The third-order valence-corrected chi connectivity index (χ3v) is 5.39. The monoisotopic (exact) mass is 400 g/mol. The van der Waals surface area contributed by atoms with Crippen LogP contribution < -0.4 is 5.56 Å². The number of piperazine rings is 1. The van der Waals surface area contributed by atoms with Crippen molar-refractivity contribution < 1.29 is 9.21 Å². The van der Waals surface area contributed by atoms with Crippen molar-refractivity contribution in [1.82, 2.24) is 19.4 Å². The van der Waals surface area contributed by atoms with Crippen LogP contribution in [0.15, 0.2) is 39.8 Å². The van der Waals surface area contributed by atoms with Crippen LogP contribution in [-0.4, -0.2) is 51.4 Å². The smallest absolute Gasteiger partial charge is 0.265 e. The first-order valence-corrected chi connectivity index (χ1v) is 9.52. The molecule has 1 fully saturated rings. The summed E-state index contributed by atoms with van der Waals surface area (Å²) in [6, 6.07) is 7.81. The maximum absolute atomic E-state index is 13.1. The SMILES string of the molecule is Cc1oc2ncn(C)c(=O)c2c1C(=O)N1CCN(Cc2ccc(Cl)cc2)CC1. The van der Waals surface area contributed by atoms with E-state index in [0.717, 1.165) is 24.7 Å². The highest BCUT2D eigenvalue weighted by atomic mass is 35.5. The molecule has 1 aliphatic heterocycles. The molecule has 0 bridgehead atoms. The molecule has 0 saturated carbocycles. The number of carbonyl (C=O) groups is 1. The second kappa shape index (κ2) is 7.41. The van der Waals surface area contributed by atoms with E-state index in [1.165, 1.54) is 16.5 Å². The average Bonchev–Trinajstić information content (AvgIpc) is 3.03. The lowest BCUT2D eigenvalue weighted by Crippen LogP contribution is -2.48. The van der Waals surface area contributed by atoms with Gasteiger partial charge in [0, 0.05) is 44.8 Å². The molecule has 1 aromatic carbocycles. The van der Waals surface area contributed by atoms with Gasteiger partial charge in [-0.05, 0) is 24.6 Å². The summed E-state index contributed by atoms with van der Waals surface area (Å²) in [6.07, 6.45) is 1.40. The molecule has 3 aromatic rings. The predicted molar refractivity (Wildman–Crippen MR) is 107 cm³/mol. The summed E-state index contributed by atoms with van der Waals surface area (Å²) in [7, 11) is 1.61. The fourth-order valence-electron chi connectivity index (χ4n) is 3.56. The lowest BCUT2D eigenvalue weighted by Gasteiger charge is -2.34. The van der Waals surface area contributed by atoms with E-state index in [2.05, 4.69) is 9.88 Å². The lowest BCUT2D eigenvalue weighted by atomic mass is 10.1. The molecule has 0 spiro atoms. The Kier molecular flexibility index (Phi) is 4.95. The number of aromatic nitrogens is 2. The number of benzene rings is 1. The Labute approximate surface area is 167 Å². The molecular formula is C20H21ClN4O3. The van der Waals surface area contributed by atoms with E-state index in [-0.39, 0.29) is 22.6 Å². The van der Waals surface area contributed by atoms with Gasteiger partial charge < -0.3 is 13.9 Å². The van der Waals surface area contributed by atoms with Crippen LogP contribution in [0, 0.1) is 6.92 Å². The molecule has 0 atom stereocenters. The summed E-state index contributed by atoms with van der Waals surface area (Å²) in [4.78, 5) is 33.8. The Morgan fingerprint density at radius 3 is 2.54 bits per heavy atom. The largest absolute Gasteiger partial charge is 0.442 e. The van der Waals surface area contributed by atoms with Gasteiger partial charge in [-0.3, -0.25) is 14.5 Å². The maximum atomic E-state index is 13.1. The molecule has 28 heavy (non-hydrogen) atoms. The number of carbonyl (C=O) groups excluding carboxylic acids is 1. The van der Waals surface area contributed by atoms with Crippen molar-refractivity contribution >= 4 is 28.6 Å².